The Morgan fingerprint density at radius 2 is 1.97 bits per heavy atom. The standard InChI is InChI=1S/C23H35ClN4O2/c1-17-14-22(29)25-20-15-19(24)7-8-21(20)28(17)23(30)16-27-12-9-18(10-13-27)6-4-5-11-26(2)3/h7-8,15,17-18H,4-6,9-14,16H2,1-3H3,(H,25,29). The van der Waals surface area contributed by atoms with Gasteiger partial charge in [0.25, 0.3) is 0 Å². The molecular weight excluding hydrogens is 400 g/mol. The van der Waals surface area contributed by atoms with Crippen molar-refractivity contribution in [3.8, 4) is 0 Å². The van der Waals surface area contributed by atoms with E-state index in [4.69, 9.17) is 11.6 Å². The average Bonchev–Trinajstić information content (AvgIpc) is 2.80. The second-order valence-electron chi connectivity index (χ2n) is 9.05. The Morgan fingerprint density at radius 3 is 2.67 bits per heavy atom. The van der Waals surface area contributed by atoms with Gasteiger partial charge in [0.05, 0.1) is 17.9 Å². The van der Waals surface area contributed by atoms with Crippen LogP contribution in [0.1, 0.15) is 45.4 Å². The molecule has 7 heteroatoms. The van der Waals surface area contributed by atoms with Crippen LogP contribution in [0.15, 0.2) is 18.2 Å². The number of carbonyl (C=O) groups excluding carboxylic acids is 2. The minimum absolute atomic E-state index is 0.0482. The van der Waals surface area contributed by atoms with Crippen LogP contribution in [0.5, 0.6) is 0 Å². The first-order valence-corrected chi connectivity index (χ1v) is 11.5. The Morgan fingerprint density at radius 1 is 1.23 bits per heavy atom. The molecule has 0 aromatic heterocycles. The van der Waals surface area contributed by atoms with Crippen LogP contribution in [0.25, 0.3) is 0 Å². The van der Waals surface area contributed by atoms with Crippen molar-refractivity contribution < 1.29 is 9.59 Å². The zero-order valence-corrected chi connectivity index (χ0v) is 19.2. The van der Waals surface area contributed by atoms with Crippen LogP contribution in [0, 0.1) is 5.92 Å². The highest BCUT2D eigenvalue weighted by Crippen LogP contribution is 2.34. The first-order chi connectivity index (χ1) is 14.3. The lowest BCUT2D eigenvalue weighted by atomic mass is 9.91. The molecule has 2 aliphatic rings. The summed E-state index contributed by atoms with van der Waals surface area (Å²) in [6.07, 6.45) is 6.45. The Kier molecular flexibility index (Phi) is 8.14. The highest BCUT2D eigenvalue weighted by Gasteiger charge is 2.31. The number of anilines is 2. The fraction of sp³-hybridized carbons (Fsp3) is 0.652. The predicted molar refractivity (Wildman–Crippen MR) is 123 cm³/mol. The van der Waals surface area contributed by atoms with Crippen LogP contribution in [0.3, 0.4) is 0 Å². The molecule has 6 nitrogen and oxygen atoms in total. The third kappa shape index (κ3) is 6.19. The van der Waals surface area contributed by atoms with E-state index in [1.807, 2.05) is 13.0 Å². The van der Waals surface area contributed by atoms with Gasteiger partial charge in [-0.05, 0) is 84.0 Å². The first kappa shape index (κ1) is 23.0. The second kappa shape index (κ2) is 10.6. The van der Waals surface area contributed by atoms with Crippen LogP contribution < -0.4 is 10.2 Å². The fourth-order valence-electron chi connectivity index (χ4n) is 4.56. The van der Waals surface area contributed by atoms with Crippen LogP contribution in [0.2, 0.25) is 5.02 Å². The molecule has 1 aromatic carbocycles. The molecule has 2 amide bonds. The minimum Gasteiger partial charge on any atom is -0.324 e. The van der Waals surface area contributed by atoms with Gasteiger partial charge in [0.2, 0.25) is 11.8 Å². The SMILES string of the molecule is CC1CC(=O)Nc2cc(Cl)ccc2N1C(=O)CN1CCC(CCCCN(C)C)CC1. The molecule has 1 saturated heterocycles. The van der Waals surface area contributed by atoms with Gasteiger partial charge in [-0.3, -0.25) is 14.5 Å². The average molecular weight is 435 g/mol. The predicted octanol–water partition coefficient (Wildman–Crippen LogP) is 3.85. The number of nitrogens with zero attached hydrogens (tertiary/aromatic N) is 3. The van der Waals surface area contributed by atoms with Gasteiger partial charge < -0.3 is 15.1 Å². The van der Waals surface area contributed by atoms with Gasteiger partial charge in [-0.2, -0.15) is 0 Å². The highest BCUT2D eigenvalue weighted by atomic mass is 35.5. The van der Waals surface area contributed by atoms with Crippen molar-refractivity contribution in [1.29, 1.82) is 0 Å². The largest absolute Gasteiger partial charge is 0.324 e. The summed E-state index contributed by atoms with van der Waals surface area (Å²) >= 11 is 6.11. The molecule has 0 radical (unpaired) electrons. The molecule has 1 N–H and O–H groups in total. The van der Waals surface area contributed by atoms with Crippen molar-refractivity contribution in [3.05, 3.63) is 23.2 Å². The van der Waals surface area contributed by atoms with E-state index in [0.29, 0.717) is 17.3 Å². The number of hydrogen-bond donors (Lipinski definition) is 1. The van der Waals surface area contributed by atoms with Crippen molar-refractivity contribution in [2.45, 2.75) is 51.5 Å². The van der Waals surface area contributed by atoms with Gasteiger partial charge in [-0.25, -0.2) is 0 Å². The van der Waals surface area contributed by atoms with Crippen LogP contribution in [-0.4, -0.2) is 67.9 Å². The molecule has 0 saturated carbocycles. The lowest BCUT2D eigenvalue weighted by Crippen LogP contribution is -2.46. The zero-order valence-electron chi connectivity index (χ0n) is 18.5. The van der Waals surface area contributed by atoms with E-state index in [-0.39, 0.29) is 24.3 Å². The molecule has 1 atom stereocenters. The molecule has 2 aliphatic heterocycles. The van der Waals surface area contributed by atoms with E-state index in [1.54, 1.807) is 17.0 Å². The van der Waals surface area contributed by atoms with E-state index in [2.05, 4.69) is 29.2 Å². The number of benzene rings is 1. The summed E-state index contributed by atoms with van der Waals surface area (Å²) in [4.78, 5) is 31.7. The van der Waals surface area contributed by atoms with Crippen LogP contribution in [-0.2, 0) is 9.59 Å². The summed E-state index contributed by atoms with van der Waals surface area (Å²) in [5.41, 5.74) is 1.35. The molecule has 1 aromatic rings. The number of piperidine rings is 1. The van der Waals surface area contributed by atoms with Gasteiger partial charge in [0.15, 0.2) is 0 Å². The van der Waals surface area contributed by atoms with E-state index in [1.165, 1.54) is 19.3 Å². The van der Waals surface area contributed by atoms with E-state index < -0.39 is 0 Å². The van der Waals surface area contributed by atoms with Crippen LogP contribution in [0.4, 0.5) is 11.4 Å². The number of nitrogens with one attached hydrogen (secondary N) is 1. The normalized spacial score (nSPS) is 20.8. The Labute approximate surface area is 185 Å². The van der Waals surface area contributed by atoms with Gasteiger partial charge in [0.1, 0.15) is 0 Å². The van der Waals surface area contributed by atoms with Gasteiger partial charge in [0, 0.05) is 17.5 Å². The summed E-state index contributed by atoms with van der Waals surface area (Å²) in [5, 5.41) is 3.43. The van der Waals surface area contributed by atoms with Crippen LogP contribution >= 0.6 is 11.6 Å². The molecule has 30 heavy (non-hydrogen) atoms. The van der Waals surface area contributed by atoms with Crippen molar-refractivity contribution in [2.24, 2.45) is 5.92 Å². The maximum atomic E-state index is 13.2. The number of unbranched alkanes of at least 4 members (excludes halogenated alkanes) is 1. The third-order valence-electron chi connectivity index (χ3n) is 6.22. The smallest absolute Gasteiger partial charge is 0.241 e. The number of amides is 2. The zero-order chi connectivity index (χ0) is 21.7. The maximum absolute atomic E-state index is 13.2. The topological polar surface area (TPSA) is 55.9 Å². The second-order valence-corrected chi connectivity index (χ2v) is 9.48. The Balaban J connectivity index is 1.55. The van der Waals surface area contributed by atoms with E-state index in [9.17, 15) is 9.59 Å². The number of fused-ring (bicyclic) bond motifs is 1. The van der Waals surface area contributed by atoms with Gasteiger partial charge in [-0.15, -0.1) is 0 Å². The fourth-order valence-corrected chi connectivity index (χ4v) is 4.73. The number of likely N-dealkylation sites (tertiary alicyclic amines) is 1. The summed E-state index contributed by atoms with van der Waals surface area (Å²) < 4.78 is 0. The van der Waals surface area contributed by atoms with Crippen molar-refractivity contribution in [1.82, 2.24) is 9.80 Å². The lowest BCUT2D eigenvalue weighted by Gasteiger charge is -2.34. The number of carbonyl (C=O) groups is 2. The Hall–Kier alpha value is -1.63. The number of rotatable bonds is 7. The minimum atomic E-state index is -0.186. The summed E-state index contributed by atoms with van der Waals surface area (Å²) in [6, 6.07) is 5.13. The monoisotopic (exact) mass is 434 g/mol. The Bertz CT molecular complexity index is 747. The van der Waals surface area contributed by atoms with Gasteiger partial charge in [-0.1, -0.05) is 24.4 Å². The van der Waals surface area contributed by atoms with Crippen molar-refractivity contribution in [2.75, 3.05) is 50.5 Å². The first-order valence-electron chi connectivity index (χ1n) is 11.1. The lowest BCUT2D eigenvalue weighted by molar-refractivity contribution is -0.120. The molecule has 166 valence electrons. The molecule has 1 fully saturated rings. The van der Waals surface area contributed by atoms with E-state index in [0.717, 1.165) is 44.1 Å². The quantitative estimate of drug-likeness (QED) is 0.662. The number of halogens is 1. The third-order valence-corrected chi connectivity index (χ3v) is 6.45. The maximum Gasteiger partial charge on any atom is 0.241 e. The molecule has 0 bridgehead atoms. The number of hydrogen-bond acceptors (Lipinski definition) is 4. The molecule has 2 heterocycles. The summed E-state index contributed by atoms with van der Waals surface area (Å²) in [7, 11) is 4.25. The molecule has 0 aliphatic carbocycles. The molecular formula is C23H35ClN4O2. The van der Waals surface area contributed by atoms with Crippen molar-refractivity contribution >= 4 is 34.8 Å². The molecule has 1 unspecified atom stereocenters. The van der Waals surface area contributed by atoms with E-state index >= 15 is 0 Å². The van der Waals surface area contributed by atoms with Crippen molar-refractivity contribution in [3.63, 3.8) is 0 Å². The summed E-state index contributed by atoms with van der Waals surface area (Å²) in [5.74, 6) is 0.740. The summed E-state index contributed by atoms with van der Waals surface area (Å²) in [6.45, 7) is 5.43. The molecule has 3 rings (SSSR count). The highest BCUT2D eigenvalue weighted by molar-refractivity contribution is 6.31. The van der Waals surface area contributed by atoms with Gasteiger partial charge >= 0.3 is 0 Å². The molecule has 0 spiro atoms.